The smallest absolute Gasteiger partial charge is 0.266 e. The molecule has 0 saturated heterocycles. The van der Waals surface area contributed by atoms with Crippen LogP contribution in [0.25, 0.3) is 16.8 Å². The number of rotatable bonds is 10. The molecule has 0 spiro atoms. The van der Waals surface area contributed by atoms with Crippen molar-refractivity contribution in [3.8, 4) is 23.3 Å². The van der Waals surface area contributed by atoms with E-state index < -0.39 is 5.91 Å². The van der Waals surface area contributed by atoms with E-state index in [1.54, 1.807) is 24.3 Å². The Bertz CT molecular complexity index is 1460. The number of para-hydroxylation sites is 1. The van der Waals surface area contributed by atoms with E-state index in [-0.39, 0.29) is 5.57 Å². The first kappa shape index (κ1) is 25.3. The zero-order valence-electron chi connectivity index (χ0n) is 20.9. The van der Waals surface area contributed by atoms with Gasteiger partial charge in [0.15, 0.2) is 11.5 Å². The second-order valence-electron chi connectivity index (χ2n) is 8.25. The van der Waals surface area contributed by atoms with Gasteiger partial charge in [0.1, 0.15) is 30.6 Å². The highest BCUT2D eigenvalue weighted by molar-refractivity contribution is 6.10. The van der Waals surface area contributed by atoms with E-state index in [1.165, 1.54) is 6.08 Å². The third-order valence-electron chi connectivity index (χ3n) is 5.69. The number of fused-ring (bicyclic) bond motifs is 1. The predicted molar refractivity (Wildman–Crippen MR) is 146 cm³/mol. The van der Waals surface area contributed by atoms with Crippen LogP contribution in [-0.4, -0.2) is 25.7 Å². The molecule has 186 valence electrons. The number of nitrogens with zero attached hydrogens (tertiary/aromatic N) is 1. The number of aryl methyl sites for hydroxylation is 1. The first-order valence-corrected chi connectivity index (χ1v) is 12.1. The van der Waals surface area contributed by atoms with Crippen LogP contribution < -0.4 is 19.5 Å². The van der Waals surface area contributed by atoms with Crippen LogP contribution in [0.3, 0.4) is 0 Å². The first-order valence-electron chi connectivity index (χ1n) is 12.1. The normalized spacial score (nSPS) is 11.0. The quantitative estimate of drug-likeness (QED) is 0.154. The molecule has 1 amide bonds. The van der Waals surface area contributed by atoms with E-state index >= 15 is 0 Å². The van der Waals surface area contributed by atoms with Crippen molar-refractivity contribution in [2.75, 3.05) is 25.1 Å². The molecule has 0 aromatic heterocycles. The van der Waals surface area contributed by atoms with Crippen molar-refractivity contribution in [2.24, 2.45) is 0 Å². The van der Waals surface area contributed by atoms with Crippen LogP contribution in [0.15, 0.2) is 90.5 Å². The molecule has 0 aliphatic carbocycles. The Balaban J connectivity index is 1.42. The molecular weight excluding hydrogens is 464 g/mol. The summed E-state index contributed by atoms with van der Waals surface area (Å²) in [6, 6.07) is 28.7. The Kier molecular flexibility index (Phi) is 8.41. The predicted octanol–water partition coefficient (Wildman–Crippen LogP) is 6.55. The van der Waals surface area contributed by atoms with Gasteiger partial charge in [-0.3, -0.25) is 4.79 Å². The number of ether oxygens (including phenoxy) is 3. The molecule has 0 bridgehead atoms. The molecule has 4 rings (SSSR count). The number of amides is 1. The van der Waals surface area contributed by atoms with Crippen LogP contribution in [-0.2, 0) is 4.79 Å². The minimum Gasteiger partial charge on any atom is -0.490 e. The van der Waals surface area contributed by atoms with Gasteiger partial charge < -0.3 is 19.5 Å². The number of nitriles is 1. The Morgan fingerprint density at radius 2 is 1.59 bits per heavy atom. The second kappa shape index (κ2) is 12.3. The van der Waals surface area contributed by atoms with Crippen LogP contribution in [0.5, 0.6) is 17.2 Å². The van der Waals surface area contributed by atoms with Crippen molar-refractivity contribution in [1.29, 1.82) is 5.26 Å². The first-order chi connectivity index (χ1) is 18.1. The lowest BCUT2D eigenvalue weighted by Crippen LogP contribution is -2.14. The highest BCUT2D eigenvalue weighted by Gasteiger charge is 2.12. The summed E-state index contributed by atoms with van der Waals surface area (Å²) in [5, 5.41) is 14.5. The van der Waals surface area contributed by atoms with E-state index in [2.05, 4.69) is 5.32 Å². The molecule has 6 heteroatoms. The number of hydrogen-bond acceptors (Lipinski definition) is 5. The molecule has 0 radical (unpaired) electrons. The molecule has 1 N–H and O–H groups in total. The van der Waals surface area contributed by atoms with Gasteiger partial charge in [0.05, 0.1) is 6.61 Å². The highest BCUT2D eigenvalue weighted by Crippen LogP contribution is 2.30. The molecule has 0 aliphatic heterocycles. The summed E-state index contributed by atoms with van der Waals surface area (Å²) in [4.78, 5) is 12.7. The molecule has 0 unspecified atom stereocenters. The van der Waals surface area contributed by atoms with Gasteiger partial charge in [-0.25, -0.2) is 0 Å². The zero-order chi connectivity index (χ0) is 26.0. The van der Waals surface area contributed by atoms with Crippen molar-refractivity contribution in [3.05, 3.63) is 102 Å². The third kappa shape index (κ3) is 6.47. The molecule has 0 atom stereocenters. The number of anilines is 1. The maximum Gasteiger partial charge on any atom is 0.266 e. The molecule has 6 nitrogen and oxygen atoms in total. The summed E-state index contributed by atoms with van der Waals surface area (Å²) in [5.74, 6) is 1.42. The summed E-state index contributed by atoms with van der Waals surface area (Å²) in [5.41, 5.74) is 2.22. The van der Waals surface area contributed by atoms with E-state index in [0.29, 0.717) is 42.6 Å². The van der Waals surface area contributed by atoms with Crippen LogP contribution in [0, 0.1) is 18.3 Å². The van der Waals surface area contributed by atoms with Gasteiger partial charge >= 0.3 is 0 Å². The van der Waals surface area contributed by atoms with Crippen molar-refractivity contribution in [1.82, 2.24) is 0 Å². The summed E-state index contributed by atoms with van der Waals surface area (Å²) in [7, 11) is 0. The fourth-order valence-corrected chi connectivity index (χ4v) is 3.84. The van der Waals surface area contributed by atoms with Crippen molar-refractivity contribution in [2.45, 2.75) is 13.8 Å². The number of benzene rings is 4. The highest BCUT2D eigenvalue weighted by atomic mass is 16.5. The Morgan fingerprint density at radius 1 is 0.865 bits per heavy atom. The average Bonchev–Trinajstić information content (AvgIpc) is 2.92. The van der Waals surface area contributed by atoms with Crippen LogP contribution >= 0.6 is 0 Å². The van der Waals surface area contributed by atoms with Crippen LogP contribution in [0.2, 0.25) is 0 Å². The van der Waals surface area contributed by atoms with Crippen molar-refractivity contribution >= 4 is 28.4 Å². The summed E-state index contributed by atoms with van der Waals surface area (Å²) in [6.07, 6.45) is 1.53. The Morgan fingerprint density at radius 3 is 2.38 bits per heavy atom. The van der Waals surface area contributed by atoms with E-state index in [9.17, 15) is 10.1 Å². The van der Waals surface area contributed by atoms with Crippen LogP contribution in [0.4, 0.5) is 5.69 Å². The Hall–Kier alpha value is -4.76. The number of hydrogen-bond donors (Lipinski definition) is 1. The molecule has 0 fully saturated rings. The summed E-state index contributed by atoms with van der Waals surface area (Å²) < 4.78 is 17.7. The molecular formula is C31H28N2O4. The molecule has 0 aliphatic rings. The fraction of sp³-hybridized carbons (Fsp3) is 0.161. The molecule has 37 heavy (non-hydrogen) atoms. The number of nitrogens with one attached hydrogen (secondary N) is 1. The minimum atomic E-state index is -0.472. The standard InChI is InChI=1S/C31H28N2O4/c1-3-35-30-20-23(19-25(21-32)31(34)33-27-13-7-4-9-22(27)2)15-16-29(30)37-18-17-36-28-14-8-11-24-10-5-6-12-26(24)28/h4-16,19-20H,3,17-18H2,1-2H3,(H,33,34)/b25-19+. The maximum absolute atomic E-state index is 12.7. The molecule has 4 aromatic carbocycles. The molecule has 0 heterocycles. The van der Waals surface area contributed by atoms with E-state index in [4.69, 9.17) is 14.2 Å². The fourth-order valence-electron chi connectivity index (χ4n) is 3.84. The van der Waals surface area contributed by atoms with Gasteiger partial charge in [-0.05, 0) is 60.7 Å². The van der Waals surface area contributed by atoms with Gasteiger partial charge in [0.2, 0.25) is 0 Å². The number of carbonyl (C=O) groups excluding carboxylic acids is 1. The van der Waals surface area contributed by atoms with Gasteiger partial charge in [-0.1, -0.05) is 60.7 Å². The lowest BCUT2D eigenvalue weighted by molar-refractivity contribution is -0.112. The van der Waals surface area contributed by atoms with Crippen molar-refractivity contribution in [3.63, 3.8) is 0 Å². The summed E-state index contributed by atoms with van der Waals surface area (Å²) in [6.45, 7) is 4.90. The average molecular weight is 493 g/mol. The lowest BCUT2D eigenvalue weighted by Gasteiger charge is -2.14. The Labute approximate surface area is 216 Å². The largest absolute Gasteiger partial charge is 0.490 e. The van der Waals surface area contributed by atoms with Gasteiger partial charge in [0, 0.05) is 11.1 Å². The SMILES string of the molecule is CCOc1cc(/C=C(\C#N)C(=O)Nc2ccccc2C)ccc1OCCOc1cccc2ccccc12. The summed E-state index contributed by atoms with van der Waals surface area (Å²) >= 11 is 0. The van der Waals surface area contributed by atoms with E-state index in [1.807, 2.05) is 80.6 Å². The molecule has 4 aromatic rings. The monoisotopic (exact) mass is 492 g/mol. The van der Waals surface area contributed by atoms with E-state index in [0.717, 1.165) is 22.1 Å². The van der Waals surface area contributed by atoms with Gasteiger partial charge in [-0.15, -0.1) is 0 Å². The second-order valence-corrected chi connectivity index (χ2v) is 8.25. The molecule has 0 saturated carbocycles. The lowest BCUT2D eigenvalue weighted by atomic mass is 10.1. The zero-order valence-corrected chi connectivity index (χ0v) is 20.9. The third-order valence-corrected chi connectivity index (χ3v) is 5.69. The van der Waals surface area contributed by atoms with Gasteiger partial charge in [0.25, 0.3) is 5.91 Å². The minimum absolute atomic E-state index is 0.0112. The van der Waals surface area contributed by atoms with Gasteiger partial charge in [-0.2, -0.15) is 5.26 Å². The van der Waals surface area contributed by atoms with Crippen molar-refractivity contribution < 1.29 is 19.0 Å². The topological polar surface area (TPSA) is 80.6 Å². The number of carbonyl (C=O) groups is 1. The van der Waals surface area contributed by atoms with Crippen LogP contribution in [0.1, 0.15) is 18.1 Å². The maximum atomic E-state index is 12.7.